The summed E-state index contributed by atoms with van der Waals surface area (Å²) in [5.41, 5.74) is -2.99. The van der Waals surface area contributed by atoms with E-state index in [9.17, 15) is 15.8 Å². The Balaban J connectivity index is 1.61. The number of rotatable bonds is 9. The molecule has 2 bridgehead atoms. The molecule has 3 aliphatic rings. The summed E-state index contributed by atoms with van der Waals surface area (Å²) >= 11 is 0. The lowest BCUT2D eigenvalue weighted by molar-refractivity contribution is -0.287. The Kier molecular flexibility index (Phi) is 10.1. The number of benzene rings is 1. The molecule has 214 valence electrons. The molecule has 1 aromatic rings. The highest BCUT2D eigenvalue weighted by atomic mass is 16.7. The normalized spacial score (nSPS) is 29.8. The van der Waals surface area contributed by atoms with Crippen molar-refractivity contribution in [3.63, 3.8) is 0 Å². The van der Waals surface area contributed by atoms with Gasteiger partial charge in [-0.25, -0.2) is 0 Å². The maximum absolute atomic E-state index is 10.7. The van der Waals surface area contributed by atoms with Crippen LogP contribution in [0.5, 0.6) is 5.75 Å². The van der Waals surface area contributed by atoms with Crippen molar-refractivity contribution in [1.29, 1.82) is 21.2 Å². The molecule has 4 atom stereocenters. The molecule has 2 heterocycles. The van der Waals surface area contributed by atoms with Crippen LogP contribution in [0.1, 0.15) is 121 Å². The Morgan fingerprint density at radius 2 is 1.48 bits per heavy atom. The van der Waals surface area contributed by atoms with Crippen molar-refractivity contribution in [1.82, 2.24) is 0 Å². The van der Waals surface area contributed by atoms with Crippen LogP contribution >= 0.6 is 0 Å². The number of nitrogens with zero attached hydrogens (tertiary/aromatic N) is 3. The maximum Gasteiger partial charge on any atom is 0.217 e. The molecule has 0 radical (unpaired) electrons. The monoisotopic (exact) mass is 544 g/mol. The van der Waals surface area contributed by atoms with Crippen molar-refractivity contribution in [2.45, 2.75) is 122 Å². The van der Waals surface area contributed by atoms with E-state index >= 15 is 0 Å². The van der Waals surface area contributed by atoms with Crippen LogP contribution in [0, 0.1) is 56.2 Å². The molecule has 4 unspecified atom stereocenters. The molecule has 1 N–H and O–H groups in total. The second kappa shape index (κ2) is 13.5. The largest absolute Gasteiger partial charge is 0.494 e. The first-order chi connectivity index (χ1) is 19.5. The highest BCUT2D eigenvalue weighted by Crippen LogP contribution is 2.68. The summed E-state index contributed by atoms with van der Waals surface area (Å²) in [4.78, 5) is 0. The van der Waals surface area contributed by atoms with Crippen LogP contribution in [-0.2, 0) is 9.47 Å². The van der Waals surface area contributed by atoms with Gasteiger partial charge in [0.1, 0.15) is 11.9 Å². The average Bonchev–Trinajstić information content (AvgIpc) is 3.15. The zero-order chi connectivity index (χ0) is 28.5. The topological polar surface area (TPSA) is 123 Å². The molecular weight excluding hydrogens is 500 g/mol. The molecule has 2 saturated heterocycles. The maximum atomic E-state index is 10.7. The second-order valence-electron chi connectivity index (χ2n) is 11.8. The van der Waals surface area contributed by atoms with Crippen LogP contribution in [0.15, 0.2) is 24.3 Å². The summed E-state index contributed by atoms with van der Waals surface area (Å²) in [6, 6.07) is 14.0. The first-order valence-corrected chi connectivity index (χ1v) is 15.5. The molecule has 3 fully saturated rings. The third-order valence-corrected chi connectivity index (χ3v) is 9.27. The fourth-order valence-electron chi connectivity index (χ4n) is 7.03. The minimum absolute atomic E-state index is 0.292. The third-order valence-electron chi connectivity index (χ3n) is 9.27. The van der Waals surface area contributed by atoms with Crippen molar-refractivity contribution in [3.05, 3.63) is 29.8 Å². The van der Waals surface area contributed by atoms with E-state index in [-0.39, 0.29) is 5.90 Å². The van der Waals surface area contributed by atoms with E-state index in [1.54, 1.807) is 0 Å². The number of hydrogen-bond donors (Lipinski definition) is 1. The molecule has 40 heavy (non-hydrogen) atoms. The van der Waals surface area contributed by atoms with Gasteiger partial charge in [-0.1, -0.05) is 96.1 Å². The van der Waals surface area contributed by atoms with E-state index in [1.807, 2.05) is 24.3 Å². The van der Waals surface area contributed by atoms with Gasteiger partial charge >= 0.3 is 0 Å². The van der Waals surface area contributed by atoms with Crippen LogP contribution < -0.4 is 4.74 Å². The number of hydrogen-bond acceptors (Lipinski definition) is 7. The molecule has 0 aromatic heterocycles. The van der Waals surface area contributed by atoms with Gasteiger partial charge in [0.25, 0.3) is 0 Å². The van der Waals surface area contributed by atoms with Gasteiger partial charge in [-0.05, 0) is 37.0 Å². The zero-order valence-electron chi connectivity index (χ0n) is 24.1. The Bertz CT molecular complexity index is 1120. The standard InChI is InChI=1S/C33H44N4O3/c1-2-3-4-5-12-15-22-38-27-19-17-26(18-20-27)29-31(23-34,24-35)32(25-36)28-16-13-10-8-6-7-9-11-14-21-33(28,39-29)40-30(32)37/h17-20,28-29,37H,2-16,21-22H2,1H3. The van der Waals surface area contributed by atoms with Crippen molar-refractivity contribution in [2.75, 3.05) is 6.61 Å². The van der Waals surface area contributed by atoms with E-state index in [2.05, 4.69) is 25.1 Å². The average molecular weight is 545 g/mol. The van der Waals surface area contributed by atoms with Gasteiger partial charge in [0.2, 0.25) is 17.1 Å². The number of ether oxygens (including phenoxy) is 3. The lowest BCUT2D eigenvalue weighted by Crippen LogP contribution is -2.59. The summed E-state index contributed by atoms with van der Waals surface area (Å²) in [5, 5.41) is 40.8. The molecule has 2 aliphatic heterocycles. The SMILES string of the molecule is CCCCCCCCOc1ccc(C2OC34CCCCCCCCCCC3C(C#N)(C(=N)O4)C2(C#N)C#N)cc1. The Morgan fingerprint density at radius 3 is 2.12 bits per heavy atom. The first kappa shape index (κ1) is 29.9. The van der Waals surface area contributed by atoms with Gasteiger partial charge in [-0.2, -0.15) is 15.8 Å². The van der Waals surface area contributed by atoms with Gasteiger partial charge < -0.3 is 14.2 Å². The molecule has 0 amide bonds. The summed E-state index contributed by atoms with van der Waals surface area (Å²) in [5.74, 6) is -1.32. The smallest absolute Gasteiger partial charge is 0.217 e. The van der Waals surface area contributed by atoms with Gasteiger partial charge in [0.15, 0.2) is 5.41 Å². The molecular formula is C33H44N4O3. The lowest BCUT2D eigenvalue weighted by atomic mass is 9.52. The summed E-state index contributed by atoms with van der Waals surface area (Å²) < 4.78 is 18.9. The van der Waals surface area contributed by atoms with Crippen LogP contribution in [-0.4, -0.2) is 18.3 Å². The molecule has 7 heteroatoms. The predicted molar refractivity (Wildman–Crippen MR) is 152 cm³/mol. The molecule has 1 aliphatic carbocycles. The highest BCUT2D eigenvalue weighted by molar-refractivity contribution is 5.89. The highest BCUT2D eigenvalue weighted by Gasteiger charge is 2.79. The zero-order valence-corrected chi connectivity index (χ0v) is 24.1. The summed E-state index contributed by atoms with van der Waals surface area (Å²) in [7, 11) is 0. The van der Waals surface area contributed by atoms with E-state index in [0.717, 1.165) is 57.1 Å². The summed E-state index contributed by atoms with van der Waals surface area (Å²) in [6.07, 6.45) is 15.6. The quantitative estimate of drug-likeness (QED) is 0.312. The number of unbranched alkanes of at least 4 members (excludes halogenated alkanes) is 5. The third kappa shape index (κ3) is 5.44. The van der Waals surface area contributed by atoms with Crippen LogP contribution in [0.3, 0.4) is 0 Å². The van der Waals surface area contributed by atoms with E-state index in [1.165, 1.54) is 38.5 Å². The molecule has 0 spiro atoms. The fraction of sp³-hybridized carbons (Fsp3) is 0.697. The molecule has 1 saturated carbocycles. The first-order valence-electron chi connectivity index (χ1n) is 15.5. The van der Waals surface area contributed by atoms with Crippen LogP contribution in [0.25, 0.3) is 0 Å². The Morgan fingerprint density at radius 1 is 0.850 bits per heavy atom. The number of nitrogens with one attached hydrogen (secondary N) is 1. The minimum atomic E-state index is -1.92. The fourth-order valence-corrected chi connectivity index (χ4v) is 7.03. The van der Waals surface area contributed by atoms with Gasteiger partial charge in [0, 0.05) is 6.42 Å². The Labute approximate surface area is 239 Å². The second-order valence-corrected chi connectivity index (χ2v) is 11.8. The lowest BCUT2D eigenvalue weighted by Gasteiger charge is -2.50. The number of nitriles is 3. The molecule has 7 nitrogen and oxygen atoms in total. The Hall–Kier alpha value is -3.08. The van der Waals surface area contributed by atoms with Crippen molar-refractivity contribution >= 4 is 5.90 Å². The molecule has 4 rings (SSSR count). The summed E-state index contributed by atoms with van der Waals surface area (Å²) in [6.45, 7) is 2.85. The van der Waals surface area contributed by atoms with E-state index < -0.39 is 28.6 Å². The van der Waals surface area contributed by atoms with Crippen LogP contribution in [0.4, 0.5) is 0 Å². The van der Waals surface area contributed by atoms with Crippen molar-refractivity contribution in [2.24, 2.45) is 16.7 Å². The van der Waals surface area contributed by atoms with Crippen molar-refractivity contribution < 1.29 is 14.2 Å². The van der Waals surface area contributed by atoms with Crippen LogP contribution in [0.2, 0.25) is 0 Å². The van der Waals surface area contributed by atoms with E-state index in [4.69, 9.17) is 19.6 Å². The minimum Gasteiger partial charge on any atom is -0.494 e. The predicted octanol–water partition coefficient (Wildman–Crippen LogP) is 8.28. The van der Waals surface area contributed by atoms with Crippen molar-refractivity contribution in [3.8, 4) is 24.0 Å². The van der Waals surface area contributed by atoms with Gasteiger partial charge in [0.05, 0.1) is 30.7 Å². The van der Waals surface area contributed by atoms with Gasteiger partial charge in [-0.15, -0.1) is 0 Å². The van der Waals surface area contributed by atoms with Gasteiger partial charge in [-0.3, -0.25) is 5.41 Å². The van der Waals surface area contributed by atoms with E-state index in [0.29, 0.717) is 25.0 Å². The molecule has 1 aromatic carbocycles.